The maximum Gasteiger partial charge on any atom is 0.255 e. The largest absolute Gasteiger partial charge is 0.336 e. The molecule has 26 heavy (non-hydrogen) atoms. The molecule has 5 heteroatoms. The summed E-state index contributed by atoms with van der Waals surface area (Å²) in [4.78, 5) is 21.6. The Morgan fingerprint density at radius 3 is 2.50 bits per heavy atom. The minimum absolute atomic E-state index is 0.0817. The number of hydrogen-bond donors (Lipinski definition) is 0. The van der Waals surface area contributed by atoms with Crippen LogP contribution in [0.1, 0.15) is 15.9 Å². The van der Waals surface area contributed by atoms with Gasteiger partial charge in [0.2, 0.25) is 0 Å². The minimum Gasteiger partial charge on any atom is -0.336 e. The van der Waals surface area contributed by atoms with Crippen molar-refractivity contribution in [3.05, 3.63) is 71.9 Å². The average molecular weight is 343 g/mol. The smallest absolute Gasteiger partial charge is 0.255 e. The molecule has 2 heterocycles. The molecule has 1 aliphatic rings. The first-order valence-corrected chi connectivity index (χ1v) is 9.11. The predicted molar refractivity (Wildman–Crippen MR) is 108 cm³/mol. The Morgan fingerprint density at radius 2 is 1.73 bits per heavy atom. The van der Waals surface area contributed by atoms with E-state index in [1.165, 1.54) is 11.0 Å². The lowest BCUT2D eigenvalue weighted by molar-refractivity contribution is 0.0628. The van der Waals surface area contributed by atoms with E-state index < -0.39 is 0 Å². The highest BCUT2D eigenvalue weighted by Gasteiger charge is 2.22. The molecule has 1 aromatic heterocycles. The van der Waals surface area contributed by atoms with Crippen molar-refractivity contribution in [2.24, 2.45) is 0 Å². The number of para-hydroxylation sites is 1. The van der Waals surface area contributed by atoms with Crippen molar-refractivity contribution in [2.75, 3.05) is 26.2 Å². The molecule has 0 atom stereocenters. The number of aromatic nitrogens is 1. The maximum atomic E-state index is 12.8. The summed E-state index contributed by atoms with van der Waals surface area (Å²) in [6, 6.07) is 18.5. The molecule has 1 amide bonds. The number of hydrogen-bond acceptors (Lipinski definition) is 3. The minimum atomic E-state index is 0.0817. The van der Waals surface area contributed by atoms with Gasteiger partial charge >= 0.3 is 0 Å². The summed E-state index contributed by atoms with van der Waals surface area (Å²) in [7, 11) is 2.11. The first-order valence-electron chi connectivity index (χ1n) is 9.11. The van der Waals surface area contributed by atoms with Gasteiger partial charge in [-0.1, -0.05) is 47.9 Å². The third-order valence-electron chi connectivity index (χ3n) is 5.02. The molecule has 3 aromatic rings. The van der Waals surface area contributed by atoms with Gasteiger partial charge in [0.1, 0.15) is 7.85 Å². The molecule has 0 bridgehead atoms. The van der Waals surface area contributed by atoms with Gasteiger partial charge in [0.15, 0.2) is 0 Å². The molecule has 130 valence electrons. The Bertz CT molecular complexity index is 918. The van der Waals surface area contributed by atoms with Gasteiger partial charge < -0.3 is 4.90 Å². The molecule has 1 aliphatic heterocycles. The van der Waals surface area contributed by atoms with Gasteiger partial charge in [-0.05, 0) is 17.7 Å². The average Bonchev–Trinajstić information content (AvgIpc) is 2.69. The summed E-state index contributed by atoms with van der Waals surface area (Å²) in [6.45, 7) is 4.27. The number of rotatable bonds is 3. The Kier molecular flexibility index (Phi) is 4.72. The summed E-state index contributed by atoms with van der Waals surface area (Å²) >= 11 is 0. The molecule has 1 fully saturated rings. The lowest BCUT2D eigenvalue weighted by Crippen LogP contribution is -2.48. The second-order valence-electron chi connectivity index (χ2n) is 6.97. The fraction of sp³-hybridized carbons (Fsp3) is 0.238. The van der Waals surface area contributed by atoms with Crippen LogP contribution in [0, 0.1) is 0 Å². The van der Waals surface area contributed by atoms with Crippen molar-refractivity contribution in [3.63, 3.8) is 0 Å². The number of nitrogens with zero attached hydrogens (tertiary/aromatic N) is 3. The summed E-state index contributed by atoms with van der Waals surface area (Å²) < 4.78 is 0. The lowest BCUT2D eigenvalue weighted by Gasteiger charge is -2.34. The van der Waals surface area contributed by atoms with E-state index in [0.29, 0.717) is 5.56 Å². The monoisotopic (exact) mass is 343 g/mol. The third-order valence-corrected chi connectivity index (χ3v) is 5.02. The lowest BCUT2D eigenvalue weighted by atomic mass is 9.95. The molecule has 0 N–H and O–H groups in total. The molecule has 4 nitrogen and oxygen atoms in total. The Balaban J connectivity index is 1.38. The van der Waals surface area contributed by atoms with Gasteiger partial charge in [0.25, 0.3) is 5.91 Å². The maximum absolute atomic E-state index is 12.8. The van der Waals surface area contributed by atoms with Crippen LogP contribution in [0.5, 0.6) is 0 Å². The SMILES string of the molecule is Bc1ccc(CN2CCN(C(=O)c3cnc4ccccc4c3)CC2)cc1. The predicted octanol–water partition coefficient (Wildman–Crippen LogP) is 1.45. The van der Waals surface area contributed by atoms with E-state index in [0.717, 1.165) is 43.6 Å². The highest BCUT2D eigenvalue weighted by Crippen LogP contribution is 2.16. The highest BCUT2D eigenvalue weighted by molar-refractivity contribution is 6.32. The van der Waals surface area contributed by atoms with Crippen molar-refractivity contribution < 1.29 is 4.79 Å². The standard InChI is InChI=1S/C21H22BN3O/c22-19-7-5-16(6-8-19)15-24-9-11-25(12-10-24)21(26)18-13-17-3-1-2-4-20(17)23-14-18/h1-8,13-14H,9-12,15,22H2. The number of benzene rings is 2. The van der Waals surface area contributed by atoms with Crippen LogP contribution >= 0.6 is 0 Å². The number of pyridine rings is 1. The number of piperazine rings is 1. The van der Waals surface area contributed by atoms with Gasteiger partial charge in [0.05, 0.1) is 11.1 Å². The molecule has 0 unspecified atom stereocenters. The van der Waals surface area contributed by atoms with E-state index in [4.69, 9.17) is 0 Å². The first-order chi connectivity index (χ1) is 12.7. The molecule has 4 rings (SSSR count). The van der Waals surface area contributed by atoms with Gasteiger partial charge in [-0.15, -0.1) is 0 Å². The van der Waals surface area contributed by atoms with Crippen LogP contribution in [0.4, 0.5) is 0 Å². The van der Waals surface area contributed by atoms with Crippen molar-refractivity contribution >= 4 is 30.1 Å². The summed E-state index contributed by atoms with van der Waals surface area (Å²) in [5.41, 5.74) is 4.21. The zero-order valence-corrected chi connectivity index (χ0v) is 15.1. The molecule has 0 saturated carbocycles. The topological polar surface area (TPSA) is 36.4 Å². The summed E-state index contributed by atoms with van der Waals surface area (Å²) in [5.74, 6) is 0.0817. The number of fused-ring (bicyclic) bond motifs is 1. The van der Waals surface area contributed by atoms with Crippen molar-refractivity contribution in [3.8, 4) is 0 Å². The van der Waals surface area contributed by atoms with Gasteiger partial charge in [-0.2, -0.15) is 0 Å². The van der Waals surface area contributed by atoms with Crippen LogP contribution in [-0.2, 0) is 6.54 Å². The molecule has 0 aliphatic carbocycles. The van der Waals surface area contributed by atoms with E-state index in [1.54, 1.807) is 6.20 Å². The zero-order valence-electron chi connectivity index (χ0n) is 15.1. The Labute approximate surface area is 154 Å². The van der Waals surface area contributed by atoms with E-state index >= 15 is 0 Å². The van der Waals surface area contributed by atoms with Crippen LogP contribution in [0.2, 0.25) is 0 Å². The molecular formula is C21H22BN3O. The zero-order chi connectivity index (χ0) is 17.9. The first kappa shape index (κ1) is 16.8. The van der Waals surface area contributed by atoms with Gasteiger partial charge in [-0.3, -0.25) is 14.7 Å². The van der Waals surface area contributed by atoms with E-state index in [9.17, 15) is 4.79 Å². The molecule has 0 spiro atoms. The fourth-order valence-corrected chi connectivity index (χ4v) is 3.43. The van der Waals surface area contributed by atoms with Crippen molar-refractivity contribution in [2.45, 2.75) is 6.54 Å². The second-order valence-corrected chi connectivity index (χ2v) is 6.97. The fourth-order valence-electron chi connectivity index (χ4n) is 3.43. The Hall–Kier alpha value is -2.66. The van der Waals surface area contributed by atoms with E-state index in [1.807, 2.05) is 35.2 Å². The van der Waals surface area contributed by atoms with E-state index in [2.05, 4.69) is 42.0 Å². The van der Waals surface area contributed by atoms with Crippen LogP contribution < -0.4 is 5.46 Å². The quantitative estimate of drug-likeness (QED) is 0.676. The molecule has 0 radical (unpaired) electrons. The van der Waals surface area contributed by atoms with Crippen LogP contribution in [0.25, 0.3) is 10.9 Å². The van der Waals surface area contributed by atoms with Crippen molar-refractivity contribution in [1.29, 1.82) is 0 Å². The van der Waals surface area contributed by atoms with Gasteiger partial charge in [-0.25, -0.2) is 0 Å². The number of carbonyl (C=O) groups excluding carboxylic acids is 1. The third kappa shape index (κ3) is 3.63. The Morgan fingerprint density at radius 1 is 1.00 bits per heavy atom. The van der Waals surface area contributed by atoms with Gasteiger partial charge in [0, 0.05) is 44.3 Å². The molecular weight excluding hydrogens is 321 g/mol. The molecule has 2 aromatic carbocycles. The van der Waals surface area contributed by atoms with Crippen LogP contribution in [0.3, 0.4) is 0 Å². The van der Waals surface area contributed by atoms with Crippen LogP contribution in [-0.4, -0.2) is 54.7 Å². The normalized spacial score (nSPS) is 15.3. The van der Waals surface area contributed by atoms with Crippen LogP contribution in [0.15, 0.2) is 60.8 Å². The summed E-state index contributed by atoms with van der Waals surface area (Å²) in [5, 5.41) is 1.01. The number of amides is 1. The molecule has 1 saturated heterocycles. The number of carbonyl (C=O) groups is 1. The van der Waals surface area contributed by atoms with Crippen molar-refractivity contribution in [1.82, 2.24) is 14.8 Å². The highest BCUT2D eigenvalue weighted by atomic mass is 16.2. The van der Waals surface area contributed by atoms with E-state index in [-0.39, 0.29) is 5.91 Å². The summed E-state index contributed by atoms with van der Waals surface area (Å²) in [6.07, 6.45) is 1.70. The second kappa shape index (κ2) is 7.30.